The summed E-state index contributed by atoms with van der Waals surface area (Å²) in [6, 6.07) is 7.81. The molecule has 0 aliphatic heterocycles. The van der Waals surface area contributed by atoms with Gasteiger partial charge in [-0.2, -0.15) is 0 Å². The van der Waals surface area contributed by atoms with E-state index in [0.717, 1.165) is 21.7 Å². The molecule has 2 aromatic heterocycles. The Balaban J connectivity index is 1.42. The Morgan fingerprint density at radius 1 is 1.27 bits per heavy atom. The number of carbonyl (C=O) groups excluding carboxylic acids is 1. The number of benzene rings is 1. The van der Waals surface area contributed by atoms with Crippen molar-refractivity contribution in [1.29, 1.82) is 0 Å². The normalized spacial score (nSPS) is 15.3. The van der Waals surface area contributed by atoms with E-state index >= 15 is 0 Å². The molecule has 1 aliphatic carbocycles. The molecule has 0 unspecified atom stereocenters. The minimum absolute atomic E-state index is 0.0929. The highest BCUT2D eigenvalue weighted by Gasteiger charge is 2.20. The molecule has 0 spiro atoms. The fourth-order valence-corrected chi connectivity index (χ4v) is 4.48. The second-order valence-electron chi connectivity index (χ2n) is 6.70. The molecule has 1 fully saturated rings. The molecule has 1 saturated carbocycles. The summed E-state index contributed by atoms with van der Waals surface area (Å²) in [6.45, 7) is 0.244. The first kappa shape index (κ1) is 17.0. The number of hydrogen-bond donors (Lipinski definition) is 1. The van der Waals surface area contributed by atoms with Crippen LogP contribution in [0, 0.1) is 0 Å². The number of carbonyl (C=O) groups is 1. The quantitative estimate of drug-likeness (QED) is 0.731. The van der Waals surface area contributed by atoms with E-state index in [2.05, 4.69) is 15.5 Å². The van der Waals surface area contributed by atoms with Gasteiger partial charge in [0.15, 0.2) is 0 Å². The molecule has 1 aromatic carbocycles. The Kier molecular flexibility index (Phi) is 4.88. The van der Waals surface area contributed by atoms with Crippen molar-refractivity contribution >= 4 is 33.3 Å². The van der Waals surface area contributed by atoms with Crippen molar-refractivity contribution < 1.29 is 9.53 Å². The Morgan fingerprint density at radius 2 is 2.12 bits per heavy atom. The molecule has 2 heterocycles. The minimum atomic E-state index is -0.0929. The number of amides is 1. The molecule has 0 atom stereocenters. The van der Waals surface area contributed by atoms with Crippen LogP contribution in [0.15, 0.2) is 30.5 Å². The summed E-state index contributed by atoms with van der Waals surface area (Å²) >= 11 is 1.51. The van der Waals surface area contributed by atoms with E-state index in [1.165, 1.54) is 43.4 Å². The van der Waals surface area contributed by atoms with E-state index in [1.54, 1.807) is 7.11 Å². The molecule has 136 valence electrons. The summed E-state index contributed by atoms with van der Waals surface area (Å²) in [4.78, 5) is 12.4. The zero-order valence-corrected chi connectivity index (χ0v) is 15.6. The van der Waals surface area contributed by atoms with Crippen molar-refractivity contribution in [1.82, 2.24) is 14.8 Å². The highest BCUT2D eigenvalue weighted by atomic mass is 32.1. The Hall–Kier alpha value is -2.41. The third-order valence-electron chi connectivity index (χ3n) is 4.93. The van der Waals surface area contributed by atoms with Crippen molar-refractivity contribution in [2.24, 2.45) is 0 Å². The number of rotatable bonds is 5. The number of nitrogens with zero attached hydrogens (tertiary/aromatic N) is 3. The van der Waals surface area contributed by atoms with Crippen molar-refractivity contribution in [2.75, 3.05) is 12.4 Å². The van der Waals surface area contributed by atoms with Gasteiger partial charge in [0.2, 0.25) is 11.0 Å². The number of hydrogen-bond acceptors (Lipinski definition) is 5. The van der Waals surface area contributed by atoms with E-state index in [1.807, 2.05) is 35.0 Å². The summed E-state index contributed by atoms with van der Waals surface area (Å²) in [5, 5.41) is 14.0. The molecular formula is C19H22N4O2S. The molecular weight excluding hydrogens is 348 g/mol. The van der Waals surface area contributed by atoms with Gasteiger partial charge >= 0.3 is 0 Å². The Bertz CT molecular complexity index is 911. The van der Waals surface area contributed by atoms with Crippen LogP contribution in [0.4, 0.5) is 5.13 Å². The summed E-state index contributed by atoms with van der Waals surface area (Å²) < 4.78 is 7.17. The molecule has 0 saturated heterocycles. The van der Waals surface area contributed by atoms with E-state index < -0.39 is 0 Å². The predicted molar refractivity (Wildman–Crippen MR) is 103 cm³/mol. The van der Waals surface area contributed by atoms with Gasteiger partial charge < -0.3 is 9.30 Å². The smallest absolute Gasteiger partial charge is 0.246 e. The lowest BCUT2D eigenvalue weighted by molar-refractivity contribution is -0.116. The van der Waals surface area contributed by atoms with Gasteiger partial charge in [-0.25, -0.2) is 0 Å². The predicted octanol–water partition coefficient (Wildman–Crippen LogP) is 4.19. The number of methoxy groups -OCH3 is 1. The lowest BCUT2D eigenvalue weighted by atomic mass is 9.90. The van der Waals surface area contributed by atoms with Crippen LogP contribution in [0.1, 0.15) is 43.0 Å². The third-order valence-corrected chi connectivity index (χ3v) is 5.93. The summed E-state index contributed by atoms with van der Waals surface area (Å²) in [5.74, 6) is 1.23. The van der Waals surface area contributed by atoms with E-state index in [9.17, 15) is 4.79 Å². The first-order chi connectivity index (χ1) is 12.7. The van der Waals surface area contributed by atoms with Crippen molar-refractivity contribution in [3.8, 4) is 5.75 Å². The first-order valence-corrected chi connectivity index (χ1v) is 9.81. The Morgan fingerprint density at radius 3 is 2.92 bits per heavy atom. The number of anilines is 1. The van der Waals surface area contributed by atoms with Crippen LogP contribution >= 0.6 is 11.3 Å². The lowest BCUT2D eigenvalue weighted by Crippen LogP contribution is -2.18. The van der Waals surface area contributed by atoms with Crippen LogP contribution in [0.5, 0.6) is 5.75 Å². The van der Waals surface area contributed by atoms with Gasteiger partial charge in [0.05, 0.1) is 7.11 Å². The molecule has 6 nitrogen and oxygen atoms in total. The second kappa shape index (κ2) is 7.45. The molecule has 1 N–H and O–H groups in total. The van der Waals surface area contributed by atoms with Crippen LogP contribution in [-0.4, -0.2) is 27.8 Å². The average Bonchev–Trinajstić information content (AvgIpc) is 3.29. The molecule has 7 heteroatoms. The highest BCUT2D eigenvalue weighted by Crippen LogP contribution is 2.35. The first-order valence-electron chi connectivity index (χ1n) is 8.99. The lowest BCUT2D eigenvalue weighted by Gasteiger charge is -2.18. The Labute approximate surface area is 156 Å². The third kappa shape index (κ3) is 3.58. The van der Waals surface area contributed by atoms with Crippen LogP contribution < -0.4 is 10.1 Å². The molecule has 3 aromatic rings. The van der Waals surface area contributed by atoms with Gasteiger partial charge in [-0.1, -0.05) is 30.6 Å². The van der Waals surface area contributed by atoms with E-state index in [-0.39, 0.29) is 12.5 Å². The van der Waals surface area contributed by atoms with Crippen LogP contribution in [0.3, 0.4) is 0 Å². The van der Waals surface area contributed by atoms with Crippen LogP contribution in [0.25, 0.3) is 10.9 Å². The number of ether oxygens (including phenoxy) is 1. The molecule has 1 aliphatic rings. The summed E-state index contributed by atoms with van der Waals surface area (Å²) in [5.41, 5.74) is 1.00. The zero-order valence-electron chi connectivity index (χ0n) is 14.8. The van der Waals surface area contributed by atoms with Gasteiger partial charge in [-0.05, 0) is 37.1 Å². The number of aromatic nitrogens is 3. The van der Waals surface area contributed by atoms with Gasteiger partial charge in [-0.15, -0.1) is 10.2 Å². The maximum atomic E-state index is 12.4. The fraction of sp³-hybridized carbons (Fsp3) is 0.421. The van der Waals surface area contributed by atoms with Gasteiger partial charge in [0.1, 0.15) is 17.3 Å². The van der Waals surface area contributed by atoms with Crippen molar-refractivity contribution in [2.45, 2.75) is 44.6 Å². The van der Waals surface area contributed by atoms with Crippen molar-refractivity contribution in [3.63, 3.8) is 0 Å². The van der Waals surface area contributed by atoms with E-state index in [0.29, 0.717) is 11.0 Å². The highest BCUT2D eigenvalue weighted by molar-refractivity contribution is 7.15. The largest absolute Gasteiger partial charge is 0.497 e. The van der Waals surface area contributed by atoms with E-state index in [4.69, 9.17) is 4.74 Å². The maximum Gasteiger partial charge on any atom is 0.246 e. The van der Waals surface area contributed by atoms with Gasteiger partial charge in [-0.3, -0.25) is 10.1 Å². The standard InChI is InChI=1S/C19H22N4O2S/c1-25-15-7-8-16-14(11-15)9-10-23(16)12-17(24)20-19-22-21-18(26-19)13-5-3-2-4-6-13/h7-11,13H,2-6,12H2,1H3,(H,20,22,24). The van der Waals surface area contributed by atoms with Crippen LogP contribution in [-0.2, 0) is 11.3 Å². The minimum Gasteiger partial charge on any atom is -0.497 e. The molecule has 1 amide bonds. The molecule has 0 bridgehead atoms. The molecule has 26 heavy (non-hydrogen) atoms. The number of fused-ring (bicyclic) bond motifs is 1. The average molecular weight is 370 g/mol. The van der Waals surface area contributed by atoms with Gasteiger partial charge in [0.25, 0.3) is 0 Å². The number of nitrogens with one attached hydrogen (secondary N) is 1. The SMILES string of the molecule is COc1ccc2c(ccn2CC(=O)Nc2nnc(C3CCCCC3)s2)c1. The van der Waals surface area contributed by atoms with Gasteiger partial charge in [0, 0.05) is 23.0 Å². The maximum absolute atomic E-state index is 12.4. The zero-order chi connectivity index (χ0) is 17.9. The topological polar surface area (TPSA) is 69.0 Å². The summed E-state index contributed by atoms with van der Waals surface area (Å²) in [7, 11) is 1.65. The fourth-order valence-electron chi connectivity index (χ4n) is 3.56. The molecule has 0 radical (unpaired) electrons. The second-order valence-corrected chi connectivity index (χ2v) is 7.71. The summed E-state index contributed by atoms with van der Waals surface area (Å²) in [6.07, 6.45) is 8.12. The van der Waals surface area contributed by atoms with Crippen molar-refractivity contribution in [3.05, 3.63) is 35.5 Å². The van der Waals surface area contributed by atoms with Crippen LogP contribution in [0.2, 0.25) is 0 Å². The molecule has 4 rings (SSSR count). The monoisotopic (exact) mass is 370 g/mol.